The summed E-state index contributed by atoms with van der Waals surface area (Å²) in [5, 5.41) is 12.8. The summed E-state index contributed by atoms with van der Waals surface area (Å²) in [6.07, 6.45) is 1.74. The molecule has 1 aliphatic heterocycles. The van der Waals surface area contributed by atoms with Gasteiger partial charge in [-0.25, -0.2) is 0 Å². The minimum absolute atomic E-state index is 0.0694. The summed E-state index contributed by atoms with van der Waals surface area (Å²) in [5.74, 6) is -1.00. The van der Waals surface area contributed by atoms with E-state index in [1.807, 2.05) is 0 Å². The van der Waals surface area contributed by atoms with Gasteiger partial charge in [0.1, 0.15) is 6.54 Å². The van der Waals surface area contributed by atoms with E-state index >= 15 is 0 Å². The van der Waals surface area contributed by atoms with Crippen molar-refractivity contribution in [2.75, 3.05) is 40.8 Å². The Morgan fingerprint density at radius 3 is 2.31 bits per heavy atom. The summed E-state index contributed by atoms with van der Waals surface area (Å²) < 4.78 is 0.419. The summed E-state index contributed by atoms with van der Waals surface area (Å²) >= 11 is 0. The first kappa shape index (κ1) is 11.9. The smallest absolute Gasteiger partial charge is 0.118 e. The number of hydrogen-bond donors (Lipinski definition) is 1. The van der Waals surface area contributed by atoms with Gasteiger partial charge in [-0.1, -0.05) is 0 Å². The Morgan fingerprint density at radius 2 is 2.23 bits per heavy atom. The number of carboxylic acids is 1. The van der Waals surface area contributed by atoms with Crippen molar-refractivity contribution < 1.29 is 14.4 Å². The number of quaternary nitrogens is 1. The Balaban J connectivity index is 0.000000243. The van der Waals surface area contributed by atoms with Crippen LogP contribution < -0.4 is 10.4 Å². The largest absolute Gasteiger partial charge is 0.544 e. The van der Waals surface area contributed by atoms with E-state index < -0.39 is 5.97 Å². The summed E-state index contributed by atoms with van der Waals surface area (Å²) in [4.78, 5) is 13.7. The van der Waals surface area contributed by atoms with Crippen LogP contribution in [0.15, 0.2) is 4.99 Å². The molecular weight excluding hydrogens is 170 g/mol. The lowest BCUT2D eigenvalue weighted by Crippen LogP contribution is -2.45. The van der Waals surface area contributed by atoms with E-state index in [9.17, 15) is 9.90 Å². The van der Waals surface area contributed by atoms with Crippen LogP contribution >= 0.6 is 0 Å². The van der Waals surface area contributed by atoms with Crippen molar-refractivity contribution in [1.82, 2.24) is 5.32 Å². The van der Waals surface area contributed by atoms with Crippen LogP contribution in [0.4, 0.5) is 0 Å². The van der Waals surface area contributed by atoms with Crippen molar-refractivity contribution in [3.05, 3.63) is 0 Å². The van der Waals surface area contributed by atoms with Gasteiger partial charge < -0.3 is 19.7 Å². The fraction of sp³-hybridized carbons (Fsp3) is 0.750. The molecule has 0 aromatic heterocycles. The highest BCUT2D eigenvalue weighted by atomic mass is 16.4. The second kappa shape index (κ2) is 5.53. The third-order valence-electron chi connectivity index (χ3n) is 1.17. The van der Waals surface area contributed by atoms with Crippen LogP contribution in [-0.4, -0.2) is 57.6 Å². The zero-order chi connectivity index (χ0) is 10.3. The minimum Gasteiger partial charge on any atom is -0.544 e. The van der Waals surface area contributed by atoms with E-state index in [0.717, 1.165) is 13.1 Å². The van der Waals surface area contributed by atoms with Crippen molar-refractivity contribution in [2.24, 2.45) is 4.99 Å². The van der Waals surface area contributed by atoms with E-state index in [1.54, 1.807) is 27.5 Å². The third kappa shape index (κ3) is 10.9. The normalized spacial score (nSPS) is 14.4. The fourth-order valence-corrected chi connectivity index (χ4v) is 0.710. The lowest BCUT2D eigenvalue weighted by molar-refractivity contribution is -0.864. The lowest BCUT2D eigenvalue weighted by atomic mass is 10.5. The van der Waals surface area contributed by atoms with Crippen LogP contribution in [0, 0.1) is 0 Å². The number of carbonyl (C=O) groups excluding carboxylic acids is 1. The quantitative estimate of drug-likeness (QED) is 0.512. The molecule has 0 spiro atoms. The van der Waals surface area contributed by atoms with Gasteiger partial charge in [0.2, 0.25) is 0 Å². The number of likely N-dealkylation sites (N-methyl/N-ethyl adjacent to an activating group) is 1. The van der Waals surface area contributed by atoms with Gasteiger partial charge in [0, 0.05) is 6.54 Å². The first-order chi connectivity index (χ1) is 5.92. The maximum absolute atomic E-state index is 9.89. The molecule has 0 bridgehead atoms. The Kier molecular flexibility index (Phi) is 5.06. The zero-order valence-electron chi connectivity index (χ0n) is 8.41. The number of carboxylic acid groups (broad SMARTS) is 1. The van der Waals surface area contributed by atoms with Crippen LogP contribution in [0.2, 0.25) is 0 Å². The second-order valence-electron chi connectivity index (χ2n) is 3.81. The molecule has 1 aliphatic rings. The van der Waals surface area contributed by atoms with Crippen LogP contribution in [0.5, 0.6) is 0 Å². The van der Waals surface area contributed by atoms with Crippen LogP contribution in [0.25, 0.3) is 0 Å². The Hall–Kier alpha value is -1.10. The highest BCUT2D eigenvalue weighted by Crippen LogP contribution is 1.84. The number of hydrogen-bond acceptors (Lipinski definition) is 4. The summed E-state index contributed by atoms with van der Waals surface area (Å²) in [5.41, 5.74) is 0. The molecule has 0 amide bonds. The number of rotatable bonds is 2. The monoisotopic (exact) mass is 187 g/mol. The lowest BCUT2D eigenvalue weighted by Gasteiger charge is -2.23. The molecule has 0 fully saturated rings. The molecule has 5 nitrogen and oxygen atoms in total. The zero-order valence-corrected chi connectivity index (χ0v) is 8.41. The summed E-state index contributed by atoms with van der Waals surface area (Å²) in [6, 6.07) is 0. The molecule has 0 atom stereocenters. The second-order valence-corrected chi connectivity index (χ2v) is 3.81. The van der Waals surface area contributed by atoms with Gasteiger partial charge in [0.25, 0.3) is 0 Å². The number of aliphatic imine (C=N–C) groups is 1. The molecule has 0 aromatic rings. The molecule has 76 valence electrons. The summed E-state index contributed by atoms with van der Waals surface area (Å²) in [6.45, 7) is 2.06. The predicted molar refractivity (Wildman–Crippen MR) is 49.3 cm³/mol. The molecule has 1 heterocycles. The van der Waals surface area contributed by atoms with Gasteiger partial charge >= 0.3 is 0 Å². The first-order valence-electron chi connectivity index (χ1n) is 4.14. The number of aliphatic carboxylic acids is 1. The third-order valence-corrected chi connectivity index (χ3v) is 1.17. The SMILES string of the molecule is C1=NCCN1.C[N+](C)(C)CC(=O)[O-]. The molecular formula is C8H17N3O2. The predicted octanol–water partition coefficient (Wildman–Crippen LogP) is -1.94. The molecule has 1 rings (SSSR count). The molecule has 5 heteroatoms. The van der Waals surface area contributed by atoms with Gasteiger partial charge in [-0.05, 0) is 0 Å². The maximum atomic E-state index is 9.89. The Morgan fingerprint density at radius 1 is 1.62 bits per heavy atom. The summed E-state index contributed by atoms with van der Waals surface area (Å²) in [7, 11) is 5.40. The first-order valence-corrected chi connectivity index (χ1v) is 4.14. The molecule has 0 aromatic carbocycles. The van der Waals surface area contributed by atoms with E-state index in [2.05, 4.69) is 10.3 Å². The standard InChI is InChI=1S/C5H11NO2.C3H6N2/c1-6(2,3)4-5(7)8;1-2-5-3-4-1/h4H2,1-3H3;3H,1-2H2,(H,4,5). The Labute approximate surface area is 78.7 Å². The molecule has 0 saturated heterocycles. The average molecular weight is 187 g/mol. The van der Waals surface area contributed by atoms with E-state index in [0.29, 0.717) is 4.48 Å². The van der Waals surface area contributed by atoms with Crippen LogP contribution in [0.3, 0.4) is 0 Å². The van der Waals surface area contributed by atoms with Crippen LogP contribution in [0.1, 0.15) is 0 Å². The van der Waals surface area contributed by atoms with Crippen molar-refractivity contribution in [1.29, 1.82) is 0 Å². The van der Waals surface area contributed by atoms with Crippen molar-refractivity contribution in [2.45, 2.75) is 0 Å². The van der Waals surface area contributed by atoms with Crippen molar-refractivity contribution >= 4 is 12.3 Å². The number of carbonyl (C=O) groups is 1. The van der Waals surface area contributed by atoms with Crippen LogP contribution in [-0.2, 0) is 4.79 Å². The topological polar surface area (TPSA) is 64.5 Å². The van der Waals surface area contributed by atoms with Crippen molar-refractivity contribution in [3.63, 3.8) is 0 Å². The van der Waals surface area contributed by atoms with Gasteiger partial charge in [0.15, 0.2) is 0 Å². The fourth-order valence-electron chi connectivity index (χ4n) is 0.710. The van der Waals surface area contributed by atoms with E-state index in [1.165, 1.54) is 0 Å². The molecule has 0 unspecified atom stereocenters. The molecule has 0 saturated carbocycles. The molecule has 1 N–H and O–H groups in total. The van der Waals surface area contributed by atoms with E-state index in [-0.39, 0.29) is 6.54 Å². The van der Waals surface area contributed by atoms with Gasteiger partial charge in [0.05, 0.1) is 40.0 Å². The molecule has 0 aliphatic carbocycles. The highest BCUT2D eigenvalue weighted by Gasteiger charge is 2.04. The molecule has 0 radical (unpaired) electrons. The number of nitrogens with zero attached hydrogens (tertiary/aromatic N) is 2. The highest BCUT2D eigenvalue weighted by molar-refractivity contribution is 5.65. The average Bonchev–Trinajstić information content (AvgIpc) is 2.33. The number of nitrogens with one attached hydrogen (secondary N) is 1. The molecule has 13 heavy (non-hydrogen) atoms. The van der Waals surface area contributed by atoms with Gasteiger partial charge in [-0.15, -0.1) is 0 Å². The maximum Gasteiger partial charge on any atom is 0.118 e. The Bertz CT molecular complexity index is 178. The van der Waals surface area contributed by atoms with Gasteiger partial charge in [-0.2, -0.15) is 0 Å². The van der Waals surface area contributed by atoms with Gasteiger partial charge in [-0.3, -0.25) is 4.99 Å². The minimum atomic E-state index is -1.00. The van der Waals surface area contributed by atoms with Crippen molar-refractivity contribution in [3.8, 4) is 0 Å². The van der Waals surface area contributed by atoms with E-state index in [4.69, 9.17) is 0 Å².